The van der Waals surface area contributed by atoms with Crippen molar-refractivity contribution < 1.29 is 0 Å². The number of rotatable bonds is 3. The van der Waals surface area contributed by atoms with Gasteiger partial charge >= 0.3 is 0 Å². The number of hydrogen-bond acceptors (Lipinski definition) is 0. The van der Waals surface area contributed by atoms with Crippen molar-refractivity contribution in [2.75, 3.05) is 0 Å². The molecule has 0 N–H and O–H groups in total. The number of hydrogen-bond donors (Lipinski definition) is 0. The van der Waals surface area contributed by atoms with Crippen molar-refractivity contribution in [2.24, 2.45) is 0 Å². The molecule has 2 heteroatoms. The van der Waals surface area contributed by atoms with Crippen LogP contribution in [0.4, 0.5) is 0 Å². The molecule has 0 saturated heterocycles. The maximum absolute atomic E-state index is 3.93. The Morgan fingerprint density at radius 3 is 1.18 bits per heavy atom. The van der Waals surface area contributed by atoms with E-state index in [0.717, 1.165) is 0 Å². The molecule has 0 nitrogen and oxygen atoms in total. The first-order valence-corrected chi connectivity index (χ1v) is 11.2. The van der Waals surface area contributed by atoms with Crippen LogP contribution in [0.25, 0.3) is 0 Å². The summed E-state index contributed by atoms with van der Waals surface area (Å²) < 4.78 is 0. The van der Waals surface area contributed by atoms with Gasteiger partial charge in [-0.1, -0.05) is 45.4 Å². The van der Waals surface area contributed by atoms with E-state index >= 15 is 0 Å². The summed E-state index contributed by atoms with van der Waals surface area (Å²) in [6, 6.07) is 0. The fourth-order valence-electron chi connectivity index (χ4n) is 1.74. The Morgan fingerprint density at radius 1 is 0.909 bits per heavy atom. The smallest absolute Gasteiger partial charge is 0.0523 e. The summed E-state index contributed by atoms with van der Waals surface area (Å²) in [4.78, 5) is 0. The van der Waals surface area contributed by atoms with Crippen molar-refractivity contribution in [3.05, 3.63) is 17.8 Å². The highest BCUT2D eigenvalue weighted by atomic mass is 28.4. The highest BCUT2D eigenvalue weighted by Crippen LogP contribution is 2.28. The van der Waals surface area contributed by atoms with E-state index < -0.39 is 16.1 Å². The van der Waals surface area contributed by atoms with Gasteiger partial charge in [-0.15, -0.1) is 6.58 Å². The van der Waals surface area contributed by atoms with Crippen LogP contribution in [0.2, 0.25) is 39.3 Å². The average Bonchev–Trinajstić information content (AvgIpc) is 1.56. The highest BCUT2D eigenvalue weighted by molar-refractivity contribution is 7.03. The highest BCUT2D eigenvalue weighted by Gasteiger charge is 2.35. The lowest BCUT2D eigenvalue weighted by Gasteiger charge is -2.35. The second-order valence-electron chi connectivity index (χ2n) is 5.12. The van der Waals surface area contributed by atoms with Crippen LogP contribution in [0.1, 0.15) is 0 Å². The molecule has 0 aromatic heterocycles. The molecule has 65 valence electrons. The van der Waals surface area contributed by atoms with Gasteiger partial charge in [0.2, 0.25) is 0 Å². The Hall–Kier alpha value is 0.174. The zero-order valence-corrected chi connectivity index (χ0v) is 10.8. The van der Waals surface area contributed by atoms with E-state index in [0.29, 0.717) is 0 Å². The molecule has 0 aliphatic rings. The van der Waals surface area contributed by atoms with Crippen molar-refractivity contribution in [1.29, 1.82) is 0 Å². The molecule has 0 rings (SSSR count). The SMILES string of the molecule is C=C[C]([Si](C)(C)C)[Si](C)(C)C. The third-order valence-electron chi connectivity index (χ3n) is 1.82. The molecule has 0 aliphatic carbocycles. The van der Waals surface area contributed by atoms with E-state index in [-0.39, 0.29) is 0 Å². The van der Waals surface area contributed by atoms with E-state index in [4.69, 9.17) is 0 Å². The minimum absolute atomic E-state index is 1.06. The van der Waals surface area contributed by atoms with Crippen molar-refractivity contribution in [2.45, 2.75) is 39.3 Å². The molecule has 0 aromatic carbocycles. The molecular formula is C9H21Si2. The molecule has 0 amide bonds. The molecule has 0 atom stereocenters. The molecule has 1 radical (unpaired) electrons. The lowest BCUT2D eigenvalue weighted by Crippen LogP contribution is -2.45. The molecule has 0 fully saturated rings. The van der Waals surface area contributed by atoms with Gasteiger partial charge in [0, 0.05) is 0 Å². The standard InChI is InChI=1S/C9H21Si2/c1-8-9(10(2,3)4)11(5,6)7/h8H,1H2,2-7H3. The van der Waals surface area contributed by atoms with Crippen LogP contribution in [-0.2, 0) is 0 Å². The molecule has 11 heavy (non-hydrogen) atoms. The summed E-state index contributed by atoms with van der Waals surface area (Å²) in [6.07, 6.45) is 2.12. The summed E-state index contributed by atoms with van der Waals surface area (Å²) in [5.41, 5.74) is 0. The Labute approximate surface area is 73.7 Å². The average molecular weight is 185 g/mol. The van der Waals surface area contributed by atoms with Crippen LogP contribution in [0.15, 0.2) is 12.7 Å². The maximum Gasteiger partial charge on any atom is 0.0523 e. The molecule has 0 aromatic rings. The summed E-state index contributed by atoms with van der Waals surface area (Å²) in [5, 5.41) is 1.70. The summed E-state index contributed by atoms with van der Waals surface area (Å²) in [6.45, 7) is 18.4. The van der Waals surface area contributed by atoms with E-state index in [2.05, 4.69) is 51.9 Å². The fraction of sp³-hybridized carbons (Fsp3) is 0.667. The maximum atomic E-state index is 3.93. The van der Waals surface area contributed by atoms with Gasteiger partial charge in [-0.05, 0) is 5.16 Å². The summed E-state index contributed by atoms with van der Waals surface area (Å²) in [7, 11) is -2.12. The second-order valence-corrected chi connectivity index (χ2v) is 15.7. The second kappa shape index (κ2) is 3.27. The lowest BCUT2D eigenvalue weighted by atomic mass is 10.7. The van der Waals surface area contributed by atoms with Gasteiger partial charge < -0.3 is 0 Å². The van der Waals surface area contributed by atoms with Crippen LogP contribution in [0.5, 0.6) is 0 Å². The third kappa shape index (κ3) is 3.38. The van der Waals surface area contributed by atoms with Gasteiger partial charge in [-0.25, -0.2) is 0 Å². The van der Waals surface area contributed by atoms with Crippen molar-refractivity contribution in [1.82, 2.24) is 0 Å². The van der Waals surface area contributed by atoms with Crippen molar-refractivity contribution in [3.63, 3.8) is 0 Å². The molecule has 0 unspecified atom stereocenters. The van der Waals surface area contributed by atoms with Gasteiger partial charge in [-0.2, -0.15) is 0 Å². The summed E-state index contributed by atoms with van der Waals surface area (Å²) in [5.74, 6) is 0. The van der Waals surface area contributed by atoms with Crippen LogP contribution in [0, 0.1) is 5.16 Å². The minimum Gasteiger partial charge on any atom is -0.103 e. The zero-order valence-electron chi connectivity index (χ0n) is 8.78. The van der Waals surface area contributed by atoms with Gasteiger partial charge in [0.15, 0.2) is 0 Å². The van der Waals surface area contributed by atoms with Crippen molar-refractivity contribution in [3.8, 4) is 0 Å². The van der Waals surface area contributed by atoms with Gasteiger partial charge in [0.05, 0.1) is 16.1 Å². The first-order chi connectivity index (χ1) is 4.69. The van der Waals surface area contributed by atoms with E-state index in [9.17, 15) is 0 Å². The minimum atomic E-state index is -1.06. The number of allylic oxidation sites excluding steroid dienone is 1. The predicted octanol–water partition coefficient (Wildman–Crippen LogP) is 3.50. The Bertz CT molecular complexity index is 123. The van der Waals surface area contributed by atoms with Crippen LogP contribution in [0.3, 0.4) is 0 Å². The van der Waals surface area contributed by atoms with Gasteiger partial charge in [0.25, 0.3) is 0 Å². The summed E-state index contributed by atoms with van der Waals surface area (Å²) >= 11 is 0. The predicted molar refractivity (Wildman–Crippen MR) is 60.1 cm³/mol. The lowest BCUT2D eigenvalue weighted by molar-refractivity contribution is 1.51. The van der Waals surface area contributed by atoms with Gasteiger partial charge in [0.1, 0.15) is 0 Å². The van der Waals surface area contributed by atoms with E-state index in [1.54, 1.807) is 5.16 Å². The Kier molecular flexibility index (Phi) is 3.32. The Morgan fingerprint density at radius 2 is 1.18 bits per heavy atom. The first-order valence-electron chi connectivity index (χ1n) is 4.20. The zero-order chi connectivity index (χ0) is 9.28. The van der Waals surface area contributed by atoms with Crippen LogP contribution >= 0.6 is 0 Å². The Balaban J connectivity index is 4.56. The quantitative estimate of drug-likeness (QED) is 0.590. The van der Waals surface area contributed by atoms with E-state index in [1.807, 2.05) is 0 Å². The fourth-order valence-corrected chi connectivity index (χ4v) is 12.0. The topological polar surface area (TPSA) is 0 Å². The molecule has 0 bridgehead atoms. The molecular weight excluding hydrogens is 164 g/mol. The first kappa shape index (κ1) is 11.2. The monoisotopic (exact) mass is 185 g/mol. The largest absolute Gasteiger partial charge is 0.103 e. The van der Waals surface area contributed by atoms with Gasteiger partial charge in [-0.3, -0.25) is 0 Å². The molecule has 0 aliphatic heterocycles. The third-order valence-corrected chi connectivity index (χ3v) is 9.96. The molecule has 0 spiro atoms. The van der Waals surface area contributed by atoms with E-state index in [1.165, 1.54) is 0 Å². The van der Waals surface area contributed by atoms with Crippen LogP contribution < -0.4 is 0 Å². The molecule has 0 saturated carbocycles. The normalized spacial score (nSPS) is 13.7. The molecule has 0 heterocycles. The van der Waals surface area contributed by atoms with Crippen molar-refractivity contribution >= 4 is 16.1 Å². The van der Waals surface area contributed by atoms with Crippen LogP contribution in [-0.4, -0.2) is 16.1 Å².